The van der Waals surface area contributed by atoms with E-state index in [1.165, 1.54) is 0 Å². The Morgan fingerprint density at radius 1 is 1.07 bits per heavy atom. The molecule has 4 aromatic heterocycles. The normalized spacial score (nSPS) is 11.4. The quantitative estimate of drug-likeness (QED) is 0.518. The summed E-state index contributed by atoms with van der Waals surface area (Å²) in [4.78, 5) is 17.3. The monoisotopic (exact) mass is 373 g/mol. The molecule has 0 saturated carbocycles. The number of imidazole rings is 1. The molecule has 0 aliphatic heterocycles. The first-order valence-corrected chi connectivity index (χ1v) is 8.52. The zero-order chi connectivity index (χ0) is 19.3. The lowest BCUT2D eigenvalue weighted by atomic mass is 10.2. The van der Waals surface area contributed by atoms with E-state index in [2.05, 4.69) is 25.0 Å². The number of ether oxygens (including phenoxy) is 1. The molecule has 0 bridgehead atoms. The molecule has 0 aliphatic carbocycles. The second kappa shape index (κ2) is 6.02. The third kappa shape index (κ3) is 2.60. The van der Waals surface area contributed by atoms with Gasteiger partial charge in [-0.25, -0.2) is 4.98 Å². The summed E-state index contributed by atoms with van der Waals surface area (Å²) in [5.74, 6) is 0.360. The summed E-state index contributed by atoms with van der Waals surface area (Å²) >= 11 is 0. The standard InChI is InChI=1S/C19H15N7O2/c1-25-9-14(21-10-25)17-16-13(5-6-20-17)18(27)24-19(23-16)28-12-4-3-11-8-22-26(2)15(11)7-12/h3-10H,1-2H3,(H,23,24,27). The van der Waals surface area contributed by atoms with Gasteiger partial charge >= 0.3 is 6.01 Å². The Morgan fingerprint density at radius 3 is 2.79 bits per heavy atom. The van der Waals surface area contributed by atoms with Gasteiger partial charge in [-0.05, 0) is 18.2 Å². The number of pyridine rings is 1. The summed E-state index contributed by atoms with van der Waals surface area (Å²) in [7, 11) is 3.73. The molecule has 1 aromatic carbocycles. The van der Waals surface area contributed by atoms with E-state index in [4.69, 9.17) is 4.74 Å². The molecule has 0 unspecified atom stereocenters. The Labute approximate surface area is 158 Å². The van der Waals surface area contributed by atoms with Crippen molar-refractivity contribution in [3.05, 3.63) is 49.2 Å². The number of benzene rings is 1. The predicted octanol–water partition coefficient (Wildman–Crippen LogP) is 2.81. The summed E-state index contributed by atoms with van der Waals surface area (Å²) < 4.78 is 9.39. The van der Waals surface area contributed by atoms with Gasteiger partial charge < -0.3 is 14.4 Å². The van der Waals surface area contributed by atoms with E-state index in [-0.39, 0.29) is 11.9 Å². The number of hydrogen-bond donors (Lipinski definition) is 1. The predicted molar refractivity (Wildman–Crippen MR) is 102 cm³/mol. The summed E-state index contributed by atoms with van der Waals surface area (Å²) in [5.41, 5.74) is 2.57. The smallest absolute Gasteiger partial charge is 0.325 e. The molecule has 138 valence electrons. The minimum absolute atomic E-state index is 0.0247. The van der Waals surface area contributed by atoms with Crippen molar-refractivity contribution in [1.29, 1.82) is 0 Å². The maximum absolute atomic E-state index is 10.4. The molecule has 0 amide bonds. The van der Waals surface area contributed by atoms with Gasteiger partial charge in [0.15, 0.2) is 0 Å². The van der Waals surface area contributed by atoms with Crippen LogP contribution in [0.3, 0.4) is 0 Å². The molecular formula is C19H15N7O2. The number of aryl methyl sites for hydroxylation is 2. The van der Waals surface area contributed by atoms with Crippen molar-refractivity contribution in [3.63, 3.8) is 0 Å². The summed E-state index contributed by atoms with van der Waals surface area (Å²) in [5, 5.41) is 16.1. The Morgan fingerprint density at radius 2 is 1.96 bits per heavy atom. The number of aromatic nitrogens is 7. The maximum atomic E-state index is 10.4. The van der Waals surface area contributed by atoms with Gasteiger partial charge in [-0.3, -0.25) is 9.67 Å². The molecule has 0 fully saturated rings. The van der Waals surface area contributed by atoms with Crippen LogP contribution in [-0.2, 0) is 14.1 Å². The molecule has 5 aromatic rings. The minimum atomic E-state index is -0.179. The molecule has 4 heterocycles. The highest BCUT2D eigenvalue weighted by Gasteiger charge is 2.16. The molecule has 9 nitrogen and oxygen atoms in total. The van der Waals surface area contributed by atoms with Crippen molar-refractivity contribution in [2.45, 2.75) is 0 Å². The average Bonchev–Trinajstić information content (AvgIpc) is 3.27. The van der Waals surface area contributed by atoms with Crippen LogP contribution in [0.5, 0.6) is 17.6 Å². The lowest BCUT2D eigenvalue weighted by Crippen LogP contribution is -1.97. The number of fused-ring (bicyclic) bond motifs is 2. The second-order valence-corrected chi connectivity index (χ2v) is 6.40. The number of hydrogen-bond acceptors (Lipinski definition) is 7. The van der Waals surface area contributed by atoms with Crippen molar-refractivity contribution in [2.24, 2.45) is 14.1 Å². The minimum Gasteiger partial charge on any atom is -0.493 e. The van der Waals surface area contributed by atoms with Gasteiger partial charge in [0, 0.05) is 37.9 Å². The molecule has 0 saturated heterocycles. The van der Waals surface area contributed by atoms with Crippen LogP contribution in [0.15, 0.2) is 49.2 Å². The van der Waals surface area contributed by atoms with Crippen LogP contribution < -0.4 is 4.74 Å². The molecule has 0 atom stereocenters. The highest BCUT2D eigenvalue weighted by molar-refractivity contribution is 5.93. The van der Waals surface area contributed by atoms with Crippen LogP contribution >= 0.6 is 0 Å². The second-order valence-electron chi connectivity index (χ2n) is 6.40. The van der Waals surface area contributed by atoms with E-state index in [9.17, 15) is 5.11 Å². The largest absolute Gasteiger partial charge is 0.493 e. The van der Waals surface area contributed by atoms with Gasteiger partial charge in [0.2, 0.25) is 5.88 Å². The first-order valence-electron chi connectivity index (χ1n) is 8.52. The Bertz CT molecular complexity index is 1340. The third-order valence-corrected chi connectivity index (χ3v) is 4.45. The van der Waals surface area contributed by atoms with Gasteiger partial charge in [0.25, 0.3) is 0 Å². The molecule has 5 rings (SSSR count). The Hall–Kier alpha value is -4.01. The van der Waals surface area contributed by atoms with Crippen LogP contribution in [0.1, 0.15) is 0 Å². The van der Waals surface area contributed by atoms with Crippen molar-refractivity contribution >= 4 is 21.8 Å². The fourth-order valence-corrected chi connectivity index (χ4v) is 3.08. The number of rotatable bonds is 3. The first kappa shape index (κ1) is 16.2. The van der Waals surface area contributed by atoms with Crippen LogP contribution in [0, 0.1) is 0 Å². The highest BCUT2D eigenvalue weighted by atomic mass is 16.5. The van der Waals surface area contributed by atoms with E-state index < -0.39 is 0 Å². The topological polar surface area (TPSA) is 104 Å². The number of aromatic hydroxyl groups is 1. The van der Waals surface area contributed by atoms with Gasteiger partial charge in [-0.15, -0.1) is 0 Å². The lowest BCUT2D eigenvalue weighted by Gasteiger charge is -2.08. The molecule has 28 heavy (non-hydrogen) atoms. The lowest BCUT2D eigenvalue weighted by molar-refractivity contribution is 0.412. The zero-order valence-electron chi connectivity index (χ0n) is 15.1. The van der Waals surface area contributed by atoms with Crippen molar-refractivity contribution in [3.8, 4) is 29.0 Å². The summed E-state index contributed by atoms with van der Waals surface area (Å²) in [6.07, 6.45) is 6.88. The molecule has 1 N–H and O–H groups in total. The van der Waals surface area contributed by atoms with Crippen LogP contribution in [0.2, 0.25) is 0 Å². The van der Waals surface area contributed by atoms with Gasteiger partial charge in [0.05, 0.1) is 23.4 Å². The van der Waals surface area contributed by atoms with Crippen molar-refractivity contribution < 1.29 is 9.84 Å². The third-order valence-electron chi connectivity index (χ3n) is 4.45. The summed E-state index contributed by atoms with van der Waals surface area (Å²) in [6.45, 7) is 0. The molecular weight excluding hydrogens is 358 g/mol. The highest BCUT2D eigenvalue weighted by Crippen LogP contribution is 2.31. The summed E-state index contributed by atoms with van der Waals surface area (Å²) in [6, 6.07) is 7.23. The fraction of sp³-hybridized carbons (Fsp3) is 0.105. The molecule has 0 spiro atoms. The Kier molecular flexibility index (Phi) is 3.48. The van der Waals surface area contributed by atoms with Crippen LogP contribution in [0.4, 0.5) is 0 Å². The van der Waals surface area contributed by atoms with E-state index >= 15 is 0 Å². The van der Waals surface area contributed by atoms with E-state index in [0.717, 1.165) is 10.9 Å². The Balaban J connectivity index is 1.62. The van der Waals surface area contributed by atoms with Crippen LogP contribution in [0.25, 0.3) is 33.2 Å². The zero-order valence-corrected chi connectivity index (χ0v) is 15.1. The number of nitrogens with zero attached hydrogens (tertiary/aromatic N) is 7. The van der Waals surface area contributed by atoms with Gasteiger partial charge in [-0.1, -0.05) is 0 Å². The van der Waals surface area contributed by atoms with E-state index in [1.54, 1.807) is 35.5 Å². The van der Waals surface area contributed by atoms with E-state index in [0.29, 0.717) is 28.0 Å². The van der Waals surface area contributed by atoms with Gasteiger partial charge in [-0.2, -0.15) is 15.1 Å². The molecule has 9 heteroatoms. The molecule has 0 aliphatic rings. The maximum Gasteiger partial charge on any atom is 0.325 e. The van der Waals surface area contributed by atoms with E-state index in [1.807, 2.05) is 37.0 Å². The first-order chi connectivity index (χ1) is 13.6. The van der Waals surface area contributed by atoms with Gasteiger partial charge in [0.1, 0.15) is 22.7 Å². The average molecular weight is 373 g/mol. The molecule has 0 radical (unpaired) electrons. The van der Waals surface area contributed by atoms with Crippen molar-refractivity contribution in [1.82, 2.24) is 34.3 Å². The fourth-order valence-electron chi connectivity index (χ4n) is 3.08. The van der Waals surface area contributed by atoms with Crippen LogP contribution in [-0.4, -0.2) is 39.4 Å². The SMILES string of the molecule is Cn1cnc(-c2nccc3c(O)nc(Oc4ccc5cnn(C)c5c4)nc23)c1. The van der Waals surface area contributed by atoms with Crippen molar-refractivity contribution in [2.75, 3.05) is 0 Å².